The van der Waals surface area contributed by atoms with E-state index in [1.807, 2.05) is 39.0 Å². The molecule has 5 nitrogen and oxygen atoms in total. The summed E-state index contributed by atoms with van der Waals surface area (Å²) >= 11 is 0. The third kappa shape index (κ3) is 3.11. The molecule has 1 aliphatic rings. The van der Waals surface area contributed by atoms with E-state index in [0.717, 1.165) is 6.42 Å². The molecule has 0 spiro atoms. The second kappa shape index (κ2) is 6.08. The highest BCUT2D eigenvalue weighted by Gasteiger charge is 2.44. The van der Waals surface area contributed by atoms with E-state index in [1.165, 1.54) is 4.90 Å². The highest BCUT2D eigenvalue weighted by molar-refractivity contribution is 7.49. The van der Waals surface area contributed by atoms with Gasteiger partial charge in [-0.05, 0) is 39.3 Å². The van der Waals surface area contributed by atoms with Crippen LogP contribution in [0.5, 0.6) is 0 Å². The average molecular weight is 297 g/mol. The van der Waals surface area contributed by atoms with Gasteiger partial charge in [-0.3, -0.25) is 4.90 Å². The number of nitrogens with zero attached hydrogens (tertiary/aromatic N) is 1. The summed E-state index contributed by atoms with van der Waals surface area (Å²) < 4.78 is 11.5. The first-order chi connectivity index (χ1) is 9.43. The van der Waals surface area contributed by atoms with Gasteiger partial charge in [0, 0.05) is 5.69 Å². The number of hydrogen-bond acceptors (Lipinski definition) is 3. The van der Waals surface area contributed by atoms with Crippen LogP contribution < -0.4 is 4.90 Å². The Labute approximate surface area is 120 Å². The fourth-order valence-electron chi connectivity index (χ4n) is 2.15. The molecule has 20 heavy (non-hydrogen) atoms. The molecule has 1 aromatic carbocycles. The maximum Gasteiger partial charge on any atom is 0.412 e. The van der Waals surface area contributed by atoms with Crippen molar-refractivity contribution in [3.63, 3.8) is 0 Å². The lowest BCUT2D eigenvalue weighted by molar-refractivity contribution is 0.110. The van der Waals surface area contributed by atoms with Crippen LogP contribution in [-0.4, -0.2) is 29.2 Å². The van der Waals surface area contributed by atoms with Crippen LogP contribution in [0.1, 0.15) is 27.2 Å². The van der Waals surface area contributed by atoms with Gasteiger partial charge in [0.2, 0.25) is 0 Å². The Balaban J connectivity index is 2.30. The van der Waals surface area contributed by atoms with E-state index < -0.39 is 19.7 Å². The molecule has 6 heteroatoms. The van der Waals surface area contributed by atoms with Gasteiger partial charge in [-0.15, -0.1) is 0 Å². The van der Waals surface area contributed by atoms with Gasteiger partial charge in [-0.2, -0.15) is 0 Å². The number of benzene rings is 1. The van der Waals surface area contributed by atoms with Gasteiger partial charge in [0.1, 0.15) is 5.28 Å². The lowest BCUT2D eigenvalue weighted by Gasteiger charge is -2.43. The summed E-state index contributed by atoms with van der Waals surface area (Å²) in [6, 6.07) is 9.05. The molecule has 1 N–H and O–H groups in total. The molecule has 2 atom stereocenters. The number of amides is 1. The first kappa shape index (κ1) is 15.2. The maximum atomic E-state index is 11.7. The SMILES string of the molecule is CC1CCOP(C(C)(C)N(C(=O)O)c2ccccc2)O1. The quantitative estimate of drug-likeness (QED) is 0.855. The van der Waals surface area contributed by atoms with Crippen LogP contribution >= 0.6 is 8.38 Å². The summed E-state index contributed by atoms with van der Waals surface area (Å²) in [6.07, 6.45) is -0.0671. The van der Waals surface area contributed by atoms with Gasteiger partial charge in [0.25, 0.3) is 0 Å². The molecule has 1 aliphatic heterocycles. The maximum absolute atomic E-state index is 11.7. The molecule has 1 amide bonds. The molecule has 0 radical (unpaired) electrons. The first-order valence-electron chi connectivity index (χ1n) is 6.61. The van der Waals surface area contributed by atoms with Crippen LogP contribution in [0.25, 0.3) is 0 Å². The summed E-state index contributed by atoms with van der Waals surface area (Å²) in [5, 5.41) is 8.83. The Morgan fingerprint density at radius 3 is 2.60 bits per heavy atom. The van der Waals surface area contributed by atoms with Crippen molar-refractivity contribution >= 4 is 20.2 Å². The second-order valence-corrected chi connectivity index (χ2v) is 7.32. The van der Waals surface area contributed by atoms with Crippen molar-refractivity contribution < 1.29 is 18.9 Å². The molecule has 0 aromatic heterocycles. The van der Waals surface area contributed by atoms with Crippen LogP contribution in [0.4, 0.5) is 10.5 Å². The van der Waals surface area contributed by atoms with Crippen molar-refractivity contribution in [3.8, 4) is 0 Å². The zero-order chi connectivity index (χ0) is 14.8. The van der Waals surface area contributed by atoms with Gasteiger partial charge in [0.05, 0.1) is 12.7 Å². The molecule has 2 rings (SSSR count). The van der Waals surface area contributed by atoms with Crippen molar-refractivity contribution in [3.05, 3.63) is 30.3 Å². The fraction of sp³-hybridized carbons (Fsp3) is 0.500. The average Bonchev–Trinajstić information content (AvgIpc) is 2.39. The highest BCUT2D eigenvalue weighted by atomic mass is 31.2. The van der Waals surface area contributed by atoms with E-state index in [4.69, 9.17) is 9.05 Å². The molecule has 0 bridgehead atoms. The van der Waals surface area contributed by atoms with Crippen LogP contribution in [0.2, 0.25) is 0 Å². The number of anilines is 1. The van der Waals surface area contributed by atoms with Crippen LogP contribution in [0.15, 0.2) is 30.3 Å². The first-order valence-corrected chi connectivity index (χ1v) is 7.79. The van der Waals surface area contributed by atoms with Crippen LogP contribution in [-0.2, 0) is 9.05 Å². The van der Waals surface area contributed by atoms with Gasteiger partial charge >= 0.3 is 6.09 Å². The van der Waals surface area contributed by atoms with E-state index in [0.29, 0.717) is 12.3 Å². The van der Waals surface area contributed by atoms with E-state index >= 15 is 0 Å². The van der Waals surface area contributed by atoms with Crippen LogP contribution in [0, 0.1) is 0 Å². The lowest BCUT2D eigenvalue weighted by atomic mass is 10.2. The molecule has 1 saturated heterocycles. The molecule has 1 fully saturated rings. The largest absolute Gasteiger partial charge is 0.465 e. The molecule has 1 aromatic rings. The van der Waals surface area contributed by atoms with Gasteiger partial charge < -0.3 is 14.2 Å². The minimum atomic E-state index is -1.30. The number of rotatable bonds is 3. The molecule has 2 unspecified atom stereocenters. The number of hydrogen-bond donors (Lipinski definition) is 1. The standard InChI is InChI=1S/C14H20NO4P/c1-11-9-10-18-20(19-11)14(2,3)15(13(16)17)12-7-5-4-6-8-12/h4-8,11H,9-10H2,1-3H3,(H,16,17). The van der Waals surface area contributed by atoms with E-state index in [9.17, 15) is 9.90 Å². The Morgan fingerprint density at radius 2 is 2.05 bits per heavy atom. The normalized spacial score (nSPS) is 23.4. The zero-order valence-electron chi connectivity index (χ0n) is 11.9. The minimum absolute atomic E-state index is 0.0977. The van der Waals surface area contributed by atoms with Crippen molar-refractivity contribution in [1.82, 2.24) is 0 Å². The summed E-state index contributed by atoms with van der Waals surface area (Å²) in [4.78, 5) is 13.0. The summed E-state index contributed by atoms with van der Waals surface area (Å²) in [7, 11) is -1.30. The molecular formula is C14H20NO4P. The van der Waals surface area contributed by atoms with E-state index in [-0.39, 0.29) is 6.10 Å². The summed E-state index contributed by atoms with van der Waals surface area (Å²) in [5.74, 6) is 0. The minimum Gasteiger partial charge on any atom is -0.465 e. The van der Waals surface area contributed by atoms with Gasteiger partial charge in [0.15, 0.2) is 8.38 Å². The molecule has 0 saturated carbocycles. The van der Waals surface area contributed by atoms with Crippen LogP contribution in [0.3, 0.4) is 0 Å². The molecule has 0 aliphatic carbocycles. The predicted molar refractivity (Wildman–Crippen MR) is 79.1 cm³/mol. The predicted octanol–water partition coefficient (Wildman–Crippen LogP) is 4.04. The van der Waals surface area contributed by atoms with Crippen molar-refractivity contribution in [2.45, 2.75) is 38.6 Å². The van der Waals surface area contributed by atoms with Gasteiger partial charge in [-0.25, -0.2) is 4.79 Å². The summed E-state index contributed by atoms with van der Waals surface area (Å²) in [6.45, 7) is 6.29. The zero-order valence-corrected chi connectivity index (χ0v) is 12.8. The van der Waals surface area contributed by atoms with Gasteiger partial charge in [-0.1, -0.05) is 18.2 Å². The van der Waals surface area contributed by atoms with E-state index in [2.05, 4.69) is 0 Å². The Hall–Kier alpha value is -1.16. The monoisotopic (exact) mass is 297 g/mol. The fourth-order valence-corrected chi connectivity index (χ4v) is 3.86. The Kier molecular flexibility index (Phi) is 4.63. The number of carbonyl (C=O) groups is 1. The molecule has 1 heterocycles. The van der Waals surface area contributed by atoms with Crippen molar-refractivity contribution in [2.75, 3.05) is 11.5 Å². The number of carboxylic acid groups (broad SMARTS) is 1. The second-order valence-electron chi connectivity index (χ2n) is 5.24. The van der Waals surface area contributed by atoms with Crippen molar-refractivity contribution in [2.24, 2.45) is 0 Å². The Bertz CT molecular complexity index is 466. The lowest BCUT2D eigenvalue weighted by Crippen LogP contribution is -2.47. The third-order valence-corrected chi connectivity index (χ3v) is 5.27. The van der Waals surface area contributed by atoms with E-state index in [1.54, 1.807) is 12.1 Å². The highest BCUT2D eigenvalue weighted by Crippen LogP contribution is 2.57. The smallest absolute Gasteiger partial charge is 0.412 e. The third-order valence-electron chi connectivity index (χ3n) is 3.21. The summed E-state index contributed by atoms with van der Waals surface area (Å²) in [5.41, 5.74) is 0.623. The molecule has 110 valence electrons. The Morgan fingerprint density at radius 1 is 1.40 bits per heavy atom. The topological polar surface area (TPSA) is 59.0 Å². The number of para-hydroxylation sites is 1. The van der Waals surface area contributed by atoms with Crippen molar-refractivity contribution in [1.29, 1.82) is 0 Å². The molecular weight excluding hydrogens is 277 g/mol.